The minimum atomic E-state index is -0.226. The van der Waals surface area contributed by atoms with Gasteiger partial charge in [0.1, 0.15) is 0 Å². The quantitative estimate of drug-likeness (QED) is 0.0437. The van der Waals surface area contributed by atoms with Crippen LogP contribution in [0.2, 0.25) is 0 Å². The van der Waals surface area contributed by atoms with Gasteiger partial charge in [-0.15, -0.1) is 0 Å². The molecular weight excluding hydrogens is 869 g/mol. The Labute approximate surface area is 403 Å². The van der Waals surface area contributed by atoms with Gasteiger partial charge >= 0.3 is 0 Å². The molecule has 15 nitrogen and oxygen atoms in total. The van der Waals surface area contributed by atoms with Crippen LogP contribution in [0.1, 0.15) is 76.6 Å². The average molecular weight is 943 g/mol. The maximum atomic E-state index is 13.8. The molecule has 0 bridgehead atoms. The second kappa shape index (κ2) is 32.9. The molecule has 1 atom stereocenters. The summed E-state index contributed by atoms with van der Waals surface area (Å²) in [5, 5.41) is 6.42. The Kier molecular flexibility index (Phi) is 26.2. The number of hydrogen-bond acceptors (Lipinski definition) is 13. The summed E-state index contributed by atoms with van der Waals surface area (Å²) in [7, 11) is 1.64. The van der Waals surface area contributed by atoms with E-state index in [2.05, 4.69) is 47.6 Å². The molecular formula is C53H74N4O11. The van der Waals surface area contributed by atoms with Crippen LogP contribution in [0.25, 0.3) is 11.3 Å². The first-order chi connectivity index (χ1) is 33.5. The number of carbonyl (C=O) groups is 2. The summed E-state index contributed by atoms with van der Waals surface area (Å²) in [6, 6.07) is 25.5. The van der Waals surface area contributed by atoms with Crippen LogP contribution in [0.4, 0.5) is 11.4 Å². The second-order valence-corrected chi connectivity index (χ2v) is 16.1. The number of benzene rings is 3. The summed E-state index contributed by atoms with van der Waals surface area (Å²) in [6.07, 6.45) is 6.17. The number of nitrogens with zero attached hydrogens (tertiary/aromatic N) is 2. The zero-order valence-electron chi connectivity index (χ0n) is 40.5. The van der Waals surface area contributed by atoms with Gasteiger partial charge in [-0.25, -0.2) is 0 Å². The lowest BCUT2D eigenvalue weighted by atomic mass is 9.87. The first-order valence-corrected chi connectivity index (χ1v) is 24.3. The highest BCUT2D eigenvalue weighted by Gasteiger charge is 2.23. The molecule has 2 N–H and O–H groups in total. The number of aryl methyl sites for hydroxylation is 2. The molecule has 0 spiro atoms. The van der Waals surface area contributed by atoms with Crippen molar-refractivity contribution in [2.45, 2.75) is 52.0 Å². The Morgan fingerprint density at radius 1 is 0.618 bits per heavy atom. The lowest BCUT2D eigenvalue weighted by Crippen LogP contribution is -2.31. The number of anilines is 2. The topological polar surface area (TPSA) is 157 Å². The molecule has 1 aromatic heterocycles. The minimum Gasteiger partial charge on any atom is -0.382 e. The molecule has 68 heavy (non-hydrogen) atoms. The van der Waals surface area contributed by atoms with E-state index in [1.807, 2.05) is 54.6 Å². The molecule has 1 aliphatic rings. The Morgan fingerprint density at radius 2 is 1.19 bits per heavy atom. The maximum absolute atomic E-state index is 13.8. The molecule has 0 aliphatic heterocycles. The highest BCUT2D eigenvalue weighted by Crippen LogP contribution is 2.33. The van der Waals surface area contributed by atoms with Gasteiger partial charge < -0.3 is 58.2 Å². The number of carbonyl (C=O) groups excluding carboxylic acids is 2. The molecule has 5 rings (SSSR count). The molecule has 15 heteroatoms. The molecule has 372 valence electrons. The monoisotopic (exact) mass is 943 g/mol. The number of pyridine rings is 1. The van der Waals surface area contributed by atoms with Crippen LogP contribution in [0.3, 0.4) is 0 Å². The van der Waals surface area contributed by atoms with Gasteiger partial charge in [0, 0.05) is 55.4 Å². The first-order valence-electron chi connectivity index (χ1n) is 24.3. The third-order valence-electron chi connectivity index (χ3n) is 11.3. The third-order valence-corrected chi connectivity index (χ3v) is 11.3. The van der Waals surface area contributed by atoms with Gasteiger partial charge in [-0.05, 0) is 105 Å². The molecule has 0 fully saturated rings. The Morgan fingerprint density at radius 3 is 1.79 bits per heavy atom. The summed E-state index contributed by atoms with van der Waals surface area (Å²) in [5.74, 6) is -0.375. The summed E-state index contributed by atoms with van der Waals surface area (Å²) < 4.78 is 49.2. The number of methoxy groups -OCH3 is 1. The van der Waals surface area contributed by atoms with Crippen LogP contribution in [-0.2, 0) is 55.5 Å². The smallest absolute Gasteiger partial charge is 0.255 e. The van der Waals surface area contributed by atoms with Crippen molar-refractivity contribution >= 4 is 23.2 Å². The van der Waals surface area contributed by atoms with Crippen molar-refractivity contribution in [2.75, 3.05) is 143 Å². The standard InChI is InChI=1S/C53H74N4O11/c1-4-57(5-2)46-18-19-50(48(41-46)51-40-45(20-21-54-51)53(59)55-49-17-9-14-43-13-6-7-16-47(43)49)56-52(58)44-15-8-11-42(39-44)12-10-22-61-25-26-63-29-30-65-33-34-67-37-38-68-36-35-66-32-31-64-28-27-62-24-23-60-3/h6-8,11,13,15-16,18-21,39-41,49H,4-5,9-10,12,14,17,22-38H2,1-3H3,(H,55,59)(H,56,58)/t49-/m0/s1. The average Bonchev–Trinajstić information content (AvgIpc) is 3.37. The van der Waals surface area contributed by atoms with Crippen molar-refractivity contribution in [3.05, 3.63) is 113 Å². The lowest BCUT2D eigenvalue weighted by molar-refractivity contribution is -0.0243. The van der Waals surface area contributed by atoms with E-state index in [0.717, 1.165) is 62.0 Å². The lowest BCUT2D eigenvalue weighted by Gasteiger charge is -2.26. The summed E-state index contributed by atoms with van der Waals surface area (Å²) in [5.41, 5.74) is 7.55. The van der Waals surface area contributed by atoms with Crippen LogP contribution < -0.4 is 15.5 Å². The number of rotatable bonds is 36. The van der Waals surface area contributed by atoms with Crippen molar-refractivity contribution in [1.29, 1.82) is 0 Å². The Balaban J connectivity index is 0.948. The number of fused-ring (bicyclic) bond motifs is 1. The van der Waals surface area contributed by atoms with Gasteiger partial charge in [-0.2, -0.15) is 0 Å². The van der Waals surface area contributed by atoms with Crippen molar-refractivity contribution < 1.29 is 52.2 Å². The number of ether oxygens (including phenoxy) is 9. The molecule has 0 unspecified atom stereocenters. The van der Waals surface area contributed by atoms with Gasteiger partial charge in [-0.3, -0.25) is 14.6 Å². The Hall–Kier alpha value is -4.81. The summed E-state index contributed by atoms with van der Waals surface area (Å²) in [6.45, 7) is 14.6. The van der Waals surface area contributed by atoms with Gasteiger partial charge in [0.15, 0.2) is 0 Å². The molecule has 3 aromatic carbocycles. The molecule has 4 aromatic rings. The van der Waals surface area contributed by atoms with E-state index < -0.39 is 0 Å². The maximum Gasteiger partial charge on any atom is 0.255 e. The normalized spacial score (nSPS) is 13.3. The number of hydrogen-bond donors (Lipinski definition) is 2. The predicted octanol–water partition coefficient (Wildman–Crippen LogP) is 7.37. The van der Waals surface area contributed by atoms with Crippen molar-refractivity contribution in [1.82, 2.24) is 10.3 Å². The van der Waals surface area contributed by atoms with Crippen LogP contribution in [0, 0.1) is 0 Å². The van der Waals surface area contributed by atoms with Crippen molar-refractivity contribution in [3.63, 3.8) is 0 Å². The number of nitrogens with one attached hydrogen (secondary N) is 2. The summed E-state index contributed by atoms with van der Waals surface area (Å²) in [4.78, 5) is 34.4. The van der Waals surface area contributed by atoms with E-state index in [9.17, 15) is 9.59 Å². The van der Waals surface area contributed by atoms with E-state index in [-0.39, 0.29) is 17.9 Å². The highest BCUT2D eigenvalue weighted by atomic mass is 16.6. The van der Waals surface area contributed by atoms with Gasteiger partial charge in [0.05, 0.1) is 123 Å². The van der Waals surface area contributed by atoms with E-state index >= 15 is 0 Å². The summed E-state index contributed by atoms with van der Waals surface area (Å²) >= 11 is 0. The third kappa shape index (κ3) is 19.7. The Bertz CT molecular complexity index is 2030. The zero-order valence-corrected chi connectivity index (χ0v) is 40.5. The fraction of sp³-hybridized carbons (Fsp3) is 0.528. The van der Waals surface area contributed by atoms with Gasteiger partial charge in [0.25, 0.3) is 11.8 Å². The van der Waals surface area contributed by atoms with Crippen LogP contribution in [-0.4, -0.2) is 149 Å². The van der Waals surface area contributed by atoms with Crippen LogP contribution in [0.15, 0.2) is 85.1 Å². The number of amides is 2. The van der Waals surface area contributed by atoms with Crippen molar-refractivity contribution in [3.8, 4) is 11.3 Å². The van der Waals surface area contributed by atoms with E-state index in [0.29, 0.717) is 135 Å². The fourth-order valence-electron chi connectivity index (χ4n) is 7.73. The predicted molar refractivity (Wildman–Crippen MR) is 264 cm³/mol. The first kappa shape index (κ1) is 54.1. The SMILES string of the molecule is CCN(CC)c1ccc(NC(=O)c2cccc(CCCOCCOCCOCCOCCOCCOCCOCCOCCOC)c2)c(-c2cc(C(=O)N[C@H]3CCCc4ccccc43)ccn2)c1. The fourth-order valence-corrected chi connectivity index (χ4v) is 7.73. The molecule has 0 saturated heterocycles. The minimum absolute atomic E-state index is 0.0425. The van der Waals surface area contributed by atoms with Gasteiger partial charge in [-0.1, -0.05) is 36.4 Å². The molecule has 0 radical (unpaired) electrons. The van der Waals surface area contributed by atoms with E-state index in [4.69, 9.17) is 47.6 Å². The van der Waals surface area contributed by atoms with E-state index in [1.165, 1.54) is 11.1 Å². The van der Waals surface area contributed by atoms with Gasteiger partial charge in [0.2, 0.25) is 0 Å². The largest absolute Gasteiger partial charge is 0.382 e. The van der Waals surface area contributed by atoms with Crippen LogP contribution in [0.5, 0.6) is 0 Å². The highest BCUT2D eigenvalue weighted by molar-refractivity contribution is 6.06. The molecule has 0 saturated carbocycles. The molecule has 2 amide bonds. The second-order valence-electron chi connectivity index (χ2n) is 16.1. The molecule has 1 heterocycles. The molecule has 1 aliphatic carbocycles. The van der Waals surface area contributed by atoms with Crippen LogP contribution >= 0.6 is 0 Å². The zero-order chi connectivity index (χ0) is 47.9. The number of aromatic nitrogens is 1. The van der Waals surface area contributed by atoms with Crippen molar-refractivity contribution in [2.24, 2.45) is 0 Å². The van der Waals surface area contributed by atoms with E-state index in [1.54, 1.807) is 19.4 Å².